The second kappa shape index (κ2) is 6.67. The van der Waals surface area contributed by atoms with Gasteiger partial charge in [-0.3, -0.25) is 0 Å². The normalized spacial score (nSPS) is 13.0. The molecule has 0 aliphatic heterocycles. The lowest BCUT2D eigenvalue weighted by Crippen LogP contribution is -2.10. The van der Waals surface area contributed by atoms with Crippen LogP contribution in [0.25, 0.3) is 0 Å². The van der Waals surface area contributed by atoms with E-state index in [0.717, 1.165) is 18.6 Å². The number of unbranched alkanes of at least 4 members (excludes halogenated alkanes) is 3. The second-order valence-corrected chi connectivity index (χ2v) is 4.11. The van der Waals surface area contributed by atoms with Gasteiger partial charge < -0.3 is 10.2 Å². The summed E-state index contributed by atoms with van der Waals surface area (Å²) in [5.74, 6) is 1.05. The number of aryl methyl sites for hydroxylation is 1. The molecule has 0 bridgehead atoms. The van der Waals surface area contributed by atoms with E-state index in [4.69, 9.17) is 10.2 Å². The minimum absolute atomic E-state index is 0.163. The Labute approximate surface area is 92.9 Å². The smallest absolute Gasteiger partial charge is 0.108 e. The Morgan fingerprint density at radius 2 is 2.07 bits per heavy atom. The Morgan fingerprint density at radius 1 is 1.27 bits per heavy atom. The van der Waals surface area contributed by atoms with E-state index >= 15 is 0 Å². The standard InChI is InChI=1S/C13H23NO/c1-3-5-6-7-8-12(14)11-9-10-15-13(11)4-2/h9-10,12H,3-8,14H2,1-2H3. The van der Waals surface area contributed by atoms with Crippen molar-refractivity contribution in [3.8, 4) is 0 Å². The van der Waals surface area contributed by atoms with Crippen molar-refractivity contribution in [3.63, 3.8) is 0 Å². The Kier molecular flexibility index (Phi) is 5.48. The van der Waals surface area contributed by atoms with Gasteiger partial charge in [-0.1, -0.05) is 39.5 Å². The van der Waals surface area contributed by atoms with Gasteiger partial charge in [0.05, 0.1) is 6.26 Å². The maximum absolute atomic E-state index is 6.14. The molecular weight excluding hydrogens is 186 g/mol. The van der Waals surface area contributed by atoms with Crippen molar-refractivity contribution in [1.29, 1.82) is 0 Å². The molecule has 1 aromatic heterocycles. The molecule has 86 valence electrons. The van der Waals surface area contributed by atoms with Gasteiger partial charge >= 0.3 is 0 Å². The van der Waals surface area contributed by atoms with Crippen molar-refractivity contribution in [3.05, 3.63) is 23.7 Å². The number of rotatable bonds is 7. The summed E-state index contributed by atoms with van der Waals surface area (Å²) >= 11 is 0. The van der Waals surface area contributed by atoms with E-state index in [1.54, 1.807) is 6.26 Å². The summed E-state index contributed by atoms with van der Waals surface area (Å²) < 4.78 is 5.38. The molecule has 1 unspecified atom stereocenters. The first-order valence-electron chi connectivity index (χ1n) is 6.11. The third kappa shape index (κ3) is 3.71. The molecule has 0 saturated carbocycles. The van der Waals surface area contributed by atoms with Gasteiger partial charge in [0, 0.05) is 18.0 Å². The van der Waals surface area contributed by atoms with Gasteiger partial charge in [-0.05, 0) is 12.5 Å². The van der Waals surface area contributed by atoms with Gasteiger partial charge in [0.1, 0.15) is 5.76 Å². The highest BCUT2D eigenvalue weighted by Gasteiger charge is 2.12. The Balaban J connectivity index is 2.36. The molecule has 0 fully saturated rings. The van der Waals surface area contributed by atoms with Crippen LogP contribution in [0.2, 0.25) is 0 Å². The zero-order valence-electron chi connectivity index (χ0n) is 9.96. The number of hydrogen-bond acceptors (Lipinski definition) is 2. The lowest BCUT2D eigenvalue weighted by molar-refractivity contribution is 0.497. The molecule has 1 aromatic rings. The van der Waals surface area contributed by atoms with Crippen LogP contribution in [-0.2, 0) is 6.42 Å². The van der Waals surface area contributed by atoms with Gasteiger partial charge in [0.15, 0.2) is 0 Å². The molecule has 0 amide bonds. The monoisotopic (exact) mass is 209 g/mol. The summed E-state index contributed by atoms with van der Waals surface area (Å²) in [6.07, 6.45) is 8.88. The highest BCUT2D eigenvalue weighted by molar-refractivity contribution is 5.20. The Morgan fingerprint density at radius 3 is 2.73 bits per heavy atom. The van der Waals surface area contributed by atoms with Gasteiger partial charge in [-0.25, -0.2) is 0 Å². The van der Waals surface area contributed by atoms with Crippen LogP contribution in [-0.4, -0.2) is 0 Å². The fraction of sp³-hybridized carbons (Fsp3) is 0.692. The molecule has 0 radical (unpaired) electrons. The van der Waals surface area contributed by atoms with Crippen molar-refractivity contribution in [2.24, 2.45) is 5.73 Å². The lowest BCUT2D eigenvalue weighted by atomic mass is 10.0. The number of nitrogens with two attached hydrogens (primary N) is 1. The summed E-state index contributed by atoms with van der Waals surface area (Å²) in [7, 11) is 0. The van der Waals surface area contributed by atoms with Crippen molar-refractivity contribution in [2.45, 2.75) is 58.4 Å². The number of furan rings is 1. The quantitative estimate of drug-likeness (QED) is 0.693. The van der Waals surface area contributed by atoms with Crippen LogP contribution in [0.4, 0.5) is 0 Å². The average molecular weight is 209 g/mol. The number of hydrogen-bond donors (Lipinski definition) is 1. The van der Waals surface area contributed by atoms with Gasteiger partial charge in [0.2, 0.25) is 0 Å². The molecule has 0 saturated heterocycles. The Bertz CT molecular complexity index is 267. The average Bonchev–Trinajstić information content (AvgIpc) is 2.72. The first kappa shape index (κ1) is 12.3. The van der Waals surface area contributed by atoms with Crippen molar-refractivity contribution in [1.82, 2.24) is 0 Å². The first-order chi connectivity index (χ1) is 7.29. The van der Waals surface area contributed by atoms with Gasteiger partial charge in [-0.2, -0.15) is 0 Å². The Hall–Kier alpha value is -0.760. The first-order valence-corrected chi connectivity index (χ1v) is 6.11. The SMILES string of the molecule is CCCCCCC(N)c1ccoc1CC. The van der Waals surface area contributed by atoms with Crippen molar-refractivity contribution in [2.75, 3.05) is 0 Å². The molecule has 15 heavy (non-hydrogen) atoms. The fourth-order valence-electron chi connectivity index (χ4n) is 1.91. The second-order valence-electron chi connectivity index (χ2n) is 4.11. The molecular formula is C13H23NO. The van der Waals surface area contributed by atoms with Crippen LogP contribution in [0, 0.1) is 0 Å². The fourth-order valence-corrected chi connectivity index (χ4v) is 1.91. The lowest BCUT2D eigenvalue weighted by Gasteiger charge is -2.10. The molecule has 0 aliphatic carbocycles. The van der Waals surface area contributed by atoms with Crippen LogP contribution >= 0.6 is 0 Å². The van der Waals surface area contributed by atoms with E-state index in [0.29, 0.717) is 0 Å². The summed E-state index contributed by atoms with van der Waals surface area (Å²) in [6, 6.07) is 2.18. The molecule has 2 nitrogen and oxygen atoms in total. The molecule has 2 N–H and O–H groups in total. The zero-order valence-corrected chi connectivity index (χ0v) is 9.96. The summed E-state index contributed by atoms with van der Waals surface area (Å²) in [4.78, 5) is 0. The summed E-state index contributed by atoms with van der Waals surface area (Å²) in [5, 5.41) is 0. The molecule has 0 aromatic carbocycles. The van der Waals surface area contributed by atoms with E-state index in [1.165, 1.54) is 31.2 Å². The van der Waals surface area contributed by atoms with E-state index in [9.17, 15) is 0 Å². The van der Waals surface area contributed by atoms with Crippen LogP contribution in [0.1, 0.15) is 63.3 Å². The van der Waals surface area contributed by atoms with Crippen LogP contribution in [0.5, 0.6) is 0 Å². The van der Waals surface area contributed by atoms with E-state index in [1.807, 2.05) is 6.07 Å². The van der Waals surface area contributed by atoms with Crippen LogP contribution < -0.4 is 5.73 Å². The highest BCUT2D eigenvalue weighted by Crippen LogP contribution is 2.22. The molecule has 1 heterocycles. The molecule has 1 rings (SSSR count). The topological polar surface area (TPSA) is 39.2 Å². The predicted molar refractivity (Wildman–Crippen MR) is 63.8 cm³/mol. The van der Waals surface area contributed by atoms with Crippen LogP contribution in [0.15, 0.2) is 16.7 Å². The largest absolute Gasteiger partial charge is 0.469 e. The van der Waals surface area contributed by atoms with E-state index < -0.39 is 0 Å². The molecule has 0 spiro atoms. The van der Waals surface area contributed by atoms with E-state index in [2.05, 4.69) is 13.8 Å². The van der Waals surface area contributed by atoms with Crippen molar-refractivity contribution < 1.29 is 4.42 Å². The molecule has 1 atom stereocenters. The van der Waals surface area contributed by atoms with Gasteiger partial charge in [0.25, 0.3) is 0 Å². The zero-order chi connectivity index (χ0) is 11.1. The molecule has 2 heteroatoms. The highest BCUT2D eigenvalue weighted by atomic mass is 16.3. The van der Waals surface area contributed by atoms with Gasteiger partial charge in [-0.15, -0.1) is 0 Å². The van der Waals surface area contributed by atoms with Crippen molar-refractivity contribution >= 4 is 0 Å². The summed E-state index contributed by atoms with van der Waals surface area (Å²) in [6.45, 7) is 4.33. The predicted octanol–water partition coefficient (Wildman–Crippen LogP) is 3.81. The van der Waals surface area contributed by atoms with E-state index in [-0.39, 0.29) is 6.04 Å². The third-order valence-electron chi connectivity index (χ3n) is 2.87. The molecule has 0 aliphatic rings. The minimum atomic E-state index is 0.163. The minimum Gasteiger partial charge on any atom is -0.469 e. The maximum Gasteiger partial charge on any atom is 0.108 e. The maximum atomic E-state index is 6.14. The summed E-state index contributed by atoms with van der Waals surface area (Å²) in [5.41, 5.74) is 7.34. The van der Waals surface area contributed by atoms with Crippen LogP contribution in [0.3, 0.4) is 0 Å². The third-order valence-corrected chi connectivity index (χ3v) is 2.87.